The molecule has 1 unspecified atom stereocenters. The zero-order valence-corrected chi connectivity index (χ0v) is 17.5. The lowest BCUT2D eigenvalue weighted by atomic mass is 10.1. The summed E-state index contributed by atoms with van der Waals surface area (Å²) in [5, 5.41) is 25.1. The molecular weight excluding hydrogens is 474 g/mol. The van der Waals surface area contributed by atoms with Crippen LogP contribution in [-0.4, -0.2) is 27.1 Å². The van der Waals surface area contributed by atoms with E-state index in [1.807, 2.05) is 0 Å². The molecule has 0 aliphatic heterocycles. The summed E-state index contributed by atoms with van der Waals surface area (Å²) in [5.41, 5.74) is -2.17. The number of aliphatic hydroxyl groups excluding tert-OH is 2. The number of rotatable bonds is 7. The predicted octanol–water partition coefficient (Wildman–Crippen LogP) is 3.91. The Morgan fingerprint density at radius 2 is 1.91 bits per heavy atom. The Morgan fingerprint density at radius 1 is 1.18 bits per heavy atom. The number of hydrogen-bond acceptors (Lipinski definition) is 7. The summed E-state index contributed by atoms with van der Waals surface area (Å²) >= 11 is 5.80. The molecule has 0 aliphatic rings. The van der Waals surface area contributed by atoms with Gasteiger partial charge in [-0.25, -0.2) is 9.07 Å². The molecule has 0 saturated heterocycles. The standard InChI is InChI=1S/C20H16ClF4N3O5/c1-32-17-4-10(22)2-3-15(17)33-16-7-13(20(23,24)25)14(21)6-12(16)19(31)27-11-5-18(30)28(9-29)26-8-11/h2-8,19,27,29,31H,9H2,1H3. The van der Waals surface area contributed by atoms with Gasteiger partial charge in [0.15, 0.2) is 17.7 Å². The van der Waals surface area contributed by atoms with E-state index >= 15 is 0 Å². The number of aliphatic hydroxyl groups is 2. The van der Waals surface area contributed by atoms with E-state index in [4.69, 9.17) is 26.2 Å². The van der Waals surface area contributed by atoms with Gasteiger partial charge in [-0.15, -0.1) is 0 Å². The van der Waals surface area contributed by atoms with Crippen molar-refractivity contribution in [3.8, 4) is 17.2 Å². The molecule has 176 valence electrons. The molecule has 8 nitrogen and oxygen atoms in total. The van der Waals surface area contributed by atoms with E-state index in [0.717, 1.165) is 41.2 Å². The highest BCUT2D eigenvalue weighted by Crippen LogP contribution is 2.43. The second kappa shape index (κ2) is 9.65. The van der Waals surface area contributed by atoms with Crippen LogP contribution in [-0.2, 0) is 12.9 Å². The minimum absolute atomic E-state index is 0.00136. The van der Waals surface area contributed by atoms with Gasteiger partial charge in [-0.3, -0.25) is 4.79 Å². The number of methoxy groups -OCH3 is 1. The van der Waals surface area contributed by atoms with Crippen LogP contribution in [0.4, 0.5) is 23.2 Å². The number of aromatic nitrogens is 2. The fourth-order valence-electron chi connectivity index (χ4n) is 2.79. The van der Waals surface area contributed by atoms with Gasteiger partial charge < -0.3 is 25.0 Å². The van der Waals surface area contributed by atoms with Crippen molar-refractivity contribution in [1.29, 1.82) is 0 Å². The topological polar surface area (TPSA) is 106 Å². The molecule has 0 amide bonds. The molecule has 33 heavy (non-hydrogen) atoms. The second-order valence-corrected chi connectivity index (χ2v) is 6.94. The van der Waals surface area contributed by atoms with E-state index in [1.165, 1.54) is 7.11 Å². The average molecular weight is 490 g/mol. The summed E-state index contributed by atoms with van der Waals surface area (Å²) in [5.74, 6) is -1.37. The Balaban J connectivity index is 2.05. The molecule has 1 heterocycles. The normalized spacial score (nSPS) is 12.4. The molecule has 0 fully saturated rings. The summed E-state index contributed by atoms with van der Waals surface area (Å²) in [6.45, 7) is -0.673. The lowest BCUT2D eigenvalue weighted by Crippen LogP contribution is -2.23. The van der Waals surface area contributed by atoms with E-state index < -0.39 is 46.8 Å². The van der Waals surface area contributed by atoms with Gasteiger partial charge in [-0.1, -0.05) is 11.6 Å². The SMILES string of the molecule is COc1cc(F)ccc1Oc1cc(C(F)(F)F)c(Cl)cc1C(O)Nc1cnn(CO)c(=O)c1. The Bertz CT molecular complexity index is 1220. The van der Waals surface area contributed by atoms with Crippen LogP contribution in [0.2, 0.25) is 5.02 Å². The van der Waals surface area contributed by atoms with Gasteiger partial charge in [-0.2, -0.15) is 18.3 Å². The van der Waals surface area contributed by atoms with Crippen LogP contribution < -0.4 is 20.3 Å². The zero-order chi connectivity index (χ0) is 24.3. The van der Waals surface area contributed by atoms with Crippen LogP contribution in [0, 0.1) is 5.82 Å². The van der Waals surface area contributed by atoms with Crippen molar-refractivity contribution < 1.29 is 37.2 Å². The van der Waals surface area contributed by atoms with Crippen molar-refractivity contribution >= 4 is 17.3 Å². The second-order valence-electron chi connectivity index (χ2n) is 6.54. The van der Waals surface area contributed by atoms with Gasteiger partial charge in [0.25, 0.3) is 5.56 Å². The van der Waals surface area contributed by atoms with Crippen LogP contribution in [0.1, 0.15) is 17.4 Å². The highest BCUT2D eigenvalue weighted by atomic mass is 35.5. The highest BCUT2D eigenvalue weighted by molar-refractivity contribution is 6.31. The lowest BCUT2D eigenvalue weighted by molar-refractivity contribution is -0.137. The Labute approximate surface area is 188 Å². The summed E-state index contributed by atoms with van der Waals surface area (Å²) in [6.07, 6.45) is -5.44. The number of benzene rings is 2. The van der Waals surface area contributed by atoms with Crippen LogP contribution in [0.3, 0.4) is 0 Å². The maximum Gasteiger partial charge on any atom is 0.417 e. The third-order valence-electron chi connectivity index (χ3n) is 4.35. The number of nitrogens with one attached hydrogen (secondary N) is 1. The molecule has 3 N–H and O–H groups in total. The van der Waals surface area contributed by atoms with Crippen molar-refractivity contribution in [3.05, 3.63) is 74.9 Å². The summed E-state index contributed by atoms with van der Waals surface area (Å²) in [4.78, 5) is 11.8. The van der Waals surface area contributed by atoms with Crippen molar-refractivity contribution in [2.45, 2.75) is 19.1 Å². The Hall–Kier alpha value is -3.35. The molecule has 0 spiro atoms. The first-order valence-electron chi connectivity index (χ1n) is 9.08. The maximum atomic E-state index is 13.5. The van der Waals surface area contributed by atoms with Gasteiger partial charge in [-0.05, 0) is 24.3 Å². The summed E-state index contributed by atoms with van der Waals surface area (Å²) in [6, 6.07) is 5.53. The van der Waals surface area contributed by atoms with E-state index in [-0.39, 0.29) is 22.7 Å². The first-order valence-corrected chi connectivity index (χ1v) is 9.46. The molecule has 3 aromatic rings. The molecule has 1 atom stereocenters. The molecule has 0 bridgehead atoms. The lowest BCUT2D eigenvalue weighted by Gasteiger charge is -2.21. The van der Waals surface area contributed by atoms with Crippen molar-refractivity contribution in [1.82, 2.24) is 9.78 Å². The minimum atomic E-state index is -4.84. The molecule has 1 aromatic heterocycles. The first kappa shape index (κ1) is 24.3. The molecule has 13 heteroatoms. The number of anilines is 1. The van der Waals surface area contributed by atoms with Crippen molar-refractivity contribution in [2.24, 2.45) is 0 Å². The minimum Gasteiger partial charge on any atom is -0.493 e. The zero-order valence-electron chi connectivity index (χ0n) is 16.7. The van der Waals surface area contributed by atoms with Gasteiger partial charge in [0.1, 0.15) is 18.3 Å². The third-order valence-corrected chi connectivity index (χ3v) is 4.66. The largest absolute Gasteiger partial charge is 0.493 e. The number of nitrogens with zero attached hydrogens (tertiary/aromatic N) is 2. The van der Waals surface area contributed by atoms with E-state index in [2.05, 4.69) is 10.4 Å². The smallest absolute Gasteiger partial charge is 0.417 e. The van der Waals surface area contributed by atoms with Gasteiger partial charge in [0.05, 0.1) is 29.6 Å². The van der Waals surface area contributed by atoms with Crippen LogP contribution in [0.25, 0.3) is 0 Å². The van der Waals surface area contributed by atoms with Gasteiger partial charge in [0.2, 0.25) is 0 Å². The quantitative estimate of drug-likeness (QED) is 0.341. The molecular formula is C20H16ClF4N3O5. The predicted molar refractivity (Wildman–Crippen MR) is 109 cm³/mol. The maximum absolute atomic E-state index is 13.5. The fraction of sp³-hybridized carbons (Fsp3) is 0.200. The highest BCUT2D eigenvalue weighted by Gasteiger charge is 2.35. The van der Waals surface area contributed by atoms with Crippen LogP contribution in [0.15, 0.2) is 47.4 Å². The van der Waals surface area contributed by atoms with Crippen molar-refractivity contribution in [3.63, 3.8) is 0 Å². The van der Waals surface area contributed by atoms with Crippen LogP contribution in [0.5, 0.6) is 17.2 Å². The Kier molecular flexibility index (Phi) is 7.10. The molecule has 3 rings (SSSR count). The van der Waals surface area contributed by atoms with E-state index in [1.54, 1.807) is 0 Å². The summed E-state index contributed by atoms with van der Waals surface area (Å²) < 4.78 is 64.9. The third kappa shape index (κ3) is 5.53. The summed E-state index contributed by atoms with van der Waals surface area (Å²) in [7, 11) is 1.21. The van der Waals surface area contributed by atoms with E-state index in [9.17, 15) is 27.5 Å². The van der Waals surface area contributed by atoms with E-state index in [0.29, 0.717) is 6.07 Å². The molecule has 0 aliphatic carbocycles. The fourth-order valence-corrected chi connectivity index (χ4v) is 3.07. The van der Waals surface area contributed by atoms with Crippen molar-refractivity contribution in [2.75, 3.05) is 12.4 Å². The van der Waals surface area contributed by atoms with Gasteiger partial charge >= 0.3 is 6.18 Å². The number of alkyl halides is 3. The van der Waals surface area contributed by atoms with Gasteiger partial charge in [0, 0.05) is 17.7 Å². The average Bonchev–Trinajstić information content (AvgIpc) is 2.75. The van der Waals surface area contributed by atoms with Crippen LogP contribution >= 0.6 is 11.6 Å². The number of ether oxygens (including phenoxy) is 2. The number of hydrogen-bond donors (Lipinski definition) is 3. The molecule has 0 radical (unpaired) electrons. The molecule has 2 aromatic carbocycles. The molecule has 0 saturated carbocycles. The number of halogens is 5. The monoisotopic (exact) mass is 489 g/mol. The first-order chi connectivity index (χ1) is 15.5. The Morgan fingerprint density at radius 3 is 2.52 bits per heavy atom.